The van der Waals surface area contributed by atoms with E-state index < -0.39 is 0 Å². The predicted molar refractivity (Wildman–Crippen MR) is 71.4 cm³/mol. The Morgan fingerprint density at radius 2 is 2.00 bits per heavy atom. The van der Waals surface area contributed by atoms with E-state index in [0.29, 0.717) is 6.04 Å². The predicted octanol–water partition coefficient (Wildman–Crippen LogP) is 3.54. The summed E-state index contributed by atoms with van der Waals surface area (Å²) < 4.78 is 5.44. The van der Waals surface area contributed by atoms with Gasteiger partial charge in [-0.2, -0.15) is 0 Å². The summed E-state index contributed by atoms with van der Waals surface area (Å²) in [5.41, 5.74) is 1.34. The molecular weight excluding hydrogens is 210 g/mol. The molecule has 2 rings (SSSR count). The normalized spacial score (nSPS) is 17.5. The van der Waals surface area contributed by atoms with E-state index >= 15 is 0 Å². The van der Waals surface area contributed by atoms with Crippen LogP contribution in [0.15, 0.2) is 24.3 Å². The molecule has 0 saturated heterocycles. The van der Waals surface area contributed by atoms with Crippen molar-refractivity contribution >= 4 is 0 Å². The molecule has 0 aromatic heterocycles. The number of rotatable bonds is 6. The van der Waals surface area contributed by atoms with Gasteiger partial charge in [-0.05, 0) is 56.8 Å². The average molecular weight is 233 g/mol. The van der Waals surface area contributed by atoms with E-state index in [2.05, 4.69) is 36.5 Å². The van der Waals surface area contributed by atoms with Crippen LogP contribution in [0.2, 0.25) is 0 Å². The lowest BCUT2D eigenvalue weighted by molar-refractivity contribution is 0.292. The van der Waals surface area contributed by atoms with Crippen LogP contribution in [-0.4, -0.2) is 13.2 Å². The van der Waals surface area contributed by atoms with Gasteiger partial charge in [-0.3, -0.25) is 0 Å². The Hall–Kier alpha value is -1.02. The molecule has 0 spiro atoms. The molecule has 1 fully saturated rings. The highest BCUT2D eigenvalue weighted by atomic mass is 16.5. The zero-order valence-electron chi connectivity index (χ0n) is 10.9. The smallest absolute Gasteiger partial charge is 0.119 e. The lowest BCUT2D eigenvalue weighted by Gasteiger charge is -2.27. The molecule has 1 aromatic carbocycles. The summed E-state index contributed by atoms with van der Waals surface area (Å²) >= 11 is 0. The largest absolute Gasteiger partial charge is 0.494 e. The fraction of sp³-hybridized carbons (Fsp3) is 0.600. The summed E-state index contributed by atoms with van der Waals surface area (Å²) in [6, 6.07) is 8.86. The highest BCUT2D eigenvalue weighted by Gasteiger charge is 2.17. The number of hydrogen-bond donors (Lipinski definition) is 1. The van der Waals surface area contributed by atoms with E-state index in [-0.39, 0.29) is 0 Å². The van der Waals surface area contributed by atoms with Gasteiger partial charge in [0.05, 0.1) is 6.61 Å². The number of benzene rings is 1. The van der Waals surface area contributed by atoms with Gasteiger partial charge in [-0.15, -0.1) is 0 Å². The van der Waals surface area contributed by atoms with E-state index in [9.17, 15) is 0 Å². The van der Waals surface area contributed by atoms with Gasteiger partial charge in [0.25, 0.3) is 0 Å². The Morgan fingerprint density at radius 3 is 2.53 bits per heavy atom. The molecule has 94 valence electrons. The maximum Gasteiger partial charge on any atom is 0.119 e. The topological polar surface area (TPSA) is 21.3 Å². The molecule has 1 saturated carbocycles. The summed E-state index contributed by atoms with van der Waals surface area (Å²) in [5.74, 6) is 1.88. The Balaban J connectivity index is 1.82. The maximum atomic E-state index is 5.44. The standard InChI is InChI=1S/C15H23NO/c1-3-17-15-9-7-14(8-10-15)12(2)16-11-13-5-4-6-13/h7-10,12-13,16H,3-6,11H2,1-2H3. The lowest BCUT2D eigenvalue weighted by atomic mass is 9.85. The second-order valence-corrected chi connectivity index (χ2v) is 4.93. The fourth-order valence-electron chi connectivity index (χ4n) is 2.18. The van der Waals surface area contributed by atoms with Crippen molar-refractivity contribution in [2.45, 2.75) is 39.2 Å². The zero-order chi connectivity index (χ0) is 12.1. The molecule has 0 amide bonds. The molecular formula is C15H23NO. The average Bonchev–Trinajstić information content (AvgIpc) is 2.28. The molecule has 0 bridgehead atoms. The van der Waals surface area contributed by atoms with Crippen LogP contribution in [-0.2, 0) is 0 Å². The van der Waals surface area contributed by atoms with Gasteiger partial charge in [0, 0.05) is 6.04 Å². The quantitative estimate of drug-likeness (QED) is 0.811. The van der Waals surface area contributed by atoms with Crippen molar-refractivity contribution in [2.24, 2.45) is 5.92 Å². The highest BCUT2D eigenvalue weighted by Crippen LogP contribution is 2.26. The fourth-order valence-corrected chi connectivity index (χ4v) is 2.18. The molecule has 1 atom stereocenters. The Labute approximate surface area is 104 Å². The van der Waals surface area contributed by atoms with Gasteiger partial charge in [0.15, 0.2) is 0 Å². The molecule has 1 N–H and O–H groups in total. The van der Waals surface area contributed by atoms with Crippen LogP contribution in [0.4, 0.5) is 0 Å². The van der Waals surface area contributed by atoms with Crippen LogP contribution >= 0.6 is 0 Å². The molecule has 1 aliphatic rings. The number of nitrogens with one attached hydrogen (secondary N) is 1. The molecule has 2 heteroatoms. The molecule has 17 heavy (non-hydrogen) atoms. The van der Waals surface area contributed by atoms with Crippen LogP contribution in [0.3, 0.4) is 0 Å². The van der Waals surface area contributed by atoms with Crippen LogP contribution in [0, 0.1) is 5.92 Å². The molecule has 1 aliphatic carbocycles. The SMILES string of the molecule is CCOc1ccc(C(C)NCC2CCC2)cc1. The summed E-state index contributed by atoms with van der Waals surface area (Å²) in [5, 5.41) is 3.61. The maximum absolute atomic E-state index is 5.44. The second kappa shape index (κ2) is 6.06. The van der Waals surface area contributed by atoms with E-state index in [0.717, 1.165) is 24.8 Å². The van der Waals surface area contributed by atoms with Crippen LogP contribution in [0.1, 0.15) is 44.7 Å². The molecule has 1 aromatic rings. The Bertz CT molecular complexity index is 329. The third kappa shape index (κ3) is 3.47. The first kappa shape index (κ1) is 12.4. The van der Waals surface area contributed by atoms with Gasteiger partial charge < -0.3 is 10.1 Å². The van der Waals surface area contributed by atoms with E-state index in [1.165, 1.54) is 24.8 Å². The number of ether oxygens (including phenoxy) is 1. The Morgan fingerprint density at radius 1 is 1.29 bits per heavy atom. The van der Waals surface area contributed by atoms with Crippen molar-refractivity contribution < 1.29 is 4.74 Å². The van der Waals surface area contributed by atoms with Crippen molar-refractivity contribution in [3.05, 3.63) is 29.8 Å². The van der Waals surface area contributed by atoms with Crippen LogP contribution in [0.5, 0.6) is 5.75 Å². The van der Waals surface area contributed by atoms with Crippen molar-refractivity contribution in [3.8, 4) is 5.75 Å². The minimum absolute atomic E-state index is 0.436. The summed E-state index contributed by atoms with van der Waals surface area (Å²) in [7, 11) is 0. The van der Waals surface area contributed by atoms with E-state index in [4.69, 9.17) is 4.74 Å². The summed E-state index contributed by atoms with van der Waals surface area (Å²) in [6.07, 6.45) is 4.23. The van der Waals surface area contributed by atoms with Crippen molar-refractivity contribution in [3.63, 3.8) is 0 Å². The highest BCUT2D eigenvalue weighted by molar-refractivity contribution is 5.28. The van der Waals surface area contributed by atoms with E-state index in [1.807, 2.05) is 6.92 Å². The minimum atomic E-state index is 0.436. The van der Waals surface area contributed by atoms with Gasteiger partial charge in [-0.25, -0.2) is 0 Å². The minimum Gasteiger partial charge on any atom is -0.494 e. The summed E-state index contributed by atoms with van der Waals surface area (Å²) in [4.78, 5) is 0. The molecule has 0 aliphatic heterocycles. The first-order valence-electron chi connectivity index (χ1n) is 6.75. The van der Waals surface area contributed by atoms with Gasteiger partial charge >= 0.3 is 0 Å². The molecule has 1 unspecified atom stereocenters. The lowest BCUT2D eigenvalue weighted by Crippen LogP contribution is -2.29. The first-order valence-corrected chi connectivity index (χ1v) is 6.75. The molecule has 0 heterocycles. The summed E-state index contributed by atoms with van der Waals surface area (Å²) in [6.45, 7) is 6.13. The molecule has 2 nitrogen and oxygen atoms in total. The van der Waals surface area contributed by atoms with Crippen LogP contribution < -0.4 is 10.1 Å². The first-order chi connectivity index (χ1) is 8.29. The monoisotopic (exact) mass is 233 g/mol. The van der Waals surface area contributed by atoms with Gasteiger partial charge in [0.2, 0.25) is 0 Å². The van der Waals surface area contributed by atoms with E-state index in [1.54, 1.807) is 0 Å². The third-order valence-electron chi connectivity index (χ3n) is 3.63. The van der Waals surface area contributed by atoms with Crippen LogP contribution in [0.25, 0.3) is 0 Å². The van der Waals surface area contributed by atoms with Gasteiger partial charge in [-0.1, -0.05) is 18.6 Å². The molecule has 0 radical (unpaired) electrons. The van der Waals surface area contributed by atoms with Crippen molar-refractivity contribution in [1.82, 2.24) is 5.32 Å². The second-order valence-electron chi connectivity index (χ2n) is 4.93. The third-order valence-corrected chi connectivity index (χ3v) is 3.63. The van der Waals surface area contributed by atoms with Crippen molar-refractivity contribution in [2.75, 3.05) is 13.2 Å². The van der Waals surface area contributed by atoms with Crippen molar-refractivity contribution in [1.29, 1.82) is 0 Å². The zero-order valence-corrected chi connectivity index (χ0v) is 10.9. The Kier molecular flexibility index (Phi) is 4.43. The number of hydrogen-bond acceptors (Lipinski definition) is 2. The van der Waals surface area contributed by atoms with Gasteiger partial charge in [0.1, 0.15) is 5.75 Å².